The second-order valence-corrected chi connectivity index (χ2v) is 23.6. The van der Waals surface area contributed by atoms with Crippen molar-refractivity contribution >= 4 is 185 Å². The summed E-state index contributed by atoms with van der Waals surface area (Å²) in [4.78, 5) is 64.1. The predicted octanol–water partition coefficient (Wildman–Crippen LogP) is 9.63. The first kappa shape index (κ1) is 66.4. The van der Waals surface area contributed by atoms with Crippen molar-refractivity contribution in [3.8, 4) is 0 Å². The number of rotatable bonds is 0. The molecule has 8 aliphatic heterocycles. The van der Waals surface area contributed by atoms with Crippen molar-refractivity contribution < 1.29 is 54.6 Å². The molecule has 8 N–H and O–H groups in total. The van der Waals surface area contributed by atoms with E-state index >= 15 is 0 Å². The molecule has 20 rings (SSSR count). The summed E-state index contributed by atoms with van der Waals surface area (Å²) in [7, 11) is 0. The molecule has 16 nitrogen and oxygen atoms in total. The standard InChI is InChI=1S/4C20H14N4.3ClH.Cr/c4*1-2-14-10-16-5-6-18(23-16)12-20-8-7-19(24-20)11-17-4-3-15(22-17)9-13(1)21-14;;;;/h4*1-12,21-22H;3*1H;/q;;;;;;;+3/p-3. The van der Waals surface area contributed by atoms with E-state index in [0.717, 1.165) is 179 Å². The molecule has 0 aromatic carbocycles. The zero-order valence-electron chi connectivity index (χ0n) is 52.8. The van der Waals surface area contributed by atoms with E-state index in [9.17, 15) is 0 Å². The molecule has 1 radical (unpaired) electrons. The van der Waals surface area contributed by atoms with Gasteiger partial charge < -0.3 is 77.1 Å². The van der Waals surface area contributed by atoms with Gasteiger partial charge in [0.2, 0.25) is 0 Å². The number of H-pyrrole nitrogens is 8. The van der Waals surface area contributed by atoms with Crippen molar-refractivity contribution in [1.29, 1.82) is 0 Å². The number of aromatic nitrogens is 16. The minimum Gasteiger partial charge on any atom is -1.00 e. The van der Waals surface area contributed by atoms with Crippen LogP contribution in [-0.2, 0) is 17.4 Å². The molecule has 0 unspecified atom stereocenters. The SMILES string of the molecule is C1=Cc2cc3ccc(cc4ccc(cc5nc(cc1n2)C=C5)[nH]4)[nH]3.C1=Cc2cc3ccc(cc4ccc(cc5nc(cc1n2)C=C5)[nH]4)[nH]3.C1=Cc2cc3ccc(cc4ccc(cc5nc(cc1n2)C=C5)[nH]4)[nH]3.C1=Cc2cc3ccc(cc4ccc(cc5nc(cc1n2)C=C5)[nH]4)[nH]3.[Cl-].[Cl-].[Cl-].[Cr+3]. The molecule has 0 aliphatic carbocycles. The fraction of sp³-hybridized carbons (Fsp3) is 0. The minimum absolute atomic E-state index is 0. The second kappa shape index (κ2) is 29.3. The first-order valence-electron chi connectivity index (χ1n) is 31.4. The average Bonchev–Trinajstić information content (AvgIpc) is 1.71. The first-order chi connectivity index (χ1) is 47.2. The molecule has 20 heteroatoms. The van der Waals surface area contributed by atoms with E-state index in [1.165, 1.54) is 0 Å². The molecule has 0 atom stereocenters. The molecule has 20 heterocycles. The third-order valence-electron chi connectivity index (χ3n) is 16.2. The number of aromatic amines is 8. The number of fused-ring (bicyclic) bond motifs is 32. The van der Waals surface area contributed by atoms with Crippen molar-refractivity contribution in [3.05, 3.63) is 285 Å². The van der Waals surface area contributed by atoms with Gasteiger partial charge in [-0.3, -0.25) is 0 Å². The van der Waals surface area contributed by atoms with Crippen molar-refractivity contribution in [1.82, 2.24) is 79.7 Å². The van der Waals surface area contributed by atoms with Crippen molar-refractivity contribution in [2.75, 3.05) is 0 Å². The molecule has 12 aromatic heterocycles. The molecule has 0 amide bonds. The summed E-state index contributed by atoms with van der Waals surface area (Å²) >= 11 is 0. The molecule has 0 saturated heterocycles. The van der Waals surface area contributed by atoms with Crippen molar-refractivity contribution in [3.63, 3.8) is 0 Å². The van der Waals surface area contributed by atoms with Crippen LogP contribution in [0.15, 0.2) is 194 Å². The van der Waals surface area contributed by atoms with Crippen molar-refractivity contribution in [2.24, 2.45) is 0 Å². The molecular formula is C80H56Cl3CrN16. The fourth-order valence-corrected chi connectivity index (χ4v) is 11.8. The van der Waals surface area contributed by atoms with E-state index in [1.807, 2.05) is 170 Å². The maximum atomic E-state index is 4.62. The van der Waals surface area contributed by atoms with Gasteiger partial charge in [0, 0.05) is 88.3 Å². The van der Waals surface area contributed by atoms with Gasteiger partial charge in [-0.15, -0.1) is 0 Å². The molecule has 483 valence electrons. The van der Waals surface area contributed by atoms with Gasteiger partial charge in [0.25, 0.3) is 0 Å². The number of halogens is 3. The van der Waals surface area contributed by atoms with Crippen molar-refractivity contribution in [2.45, 2.75) is 0 Å². The van der Waals surface area contributed by atoms with Crippen LogP contribution in [0.3, 0.4) is 0 Å². The summed E-state index contributed by atoms with van der Waals surface area (Å²) < 4.78 is 0. The van der Waals surface area contributed by atoms with Crippen LogP contribution in [0.5, 0.6) is 0 Å². The van der Waals surface area contributed by atoms with Gasteiger partial charge in [0.1, 0.15) is 0 Å². The Morgan fingerprint density at radius 1 is 0.130 bits per heavy atom. The van der Waals surface area contributed by atoms with Crippen LogP contribution < -0.4 is 37.2 Å². The zero-order valence-corrected chi connectivity index (χ0v) is 56.4. The van der Waals surface area contributed by atoms with E-state index in [-0.39, 0.29) is 54.6 Å². The van der Waals surface area contributed by atoms with Crippen LogP contribution in [-0.4, -0.2) is 79.7 Å². The van der Waals surface area contributed by atoms with Gasteiger partial charge in [-0.2, -0.15) is 0 Å². The number of nitrogens with zero attached hydrogens (tertiary/aromatic N) is 8. The Morgan fingerprint density at radius 2 is 0.220 bits per heavy atom. The Hall–Kier alpha value is -12.2. The molecule has 100 heavy (non-hydrogen) atoms. The summed E-state index contributed by atoms with van der Waals surface area (Å²) in [5.41, 5.74) is 31.4. The zero-order chi connectivity index (χ0) is 63.7. The molecule has 0 saturated carbocycles. The van der Waals surface area contributed by atoms with E-state index in [4.69, 9.17) is 0 Å². The largest absolute Gasteiger partial charge is 3.00 e. The topological polar surface area (TPSA) is 229 Å². The predicted molar refractivity (Wildman–Crippen MR) is 395 cm³/mol. The van der Waals surface area contributed by atoms with Crippen LogP contribution in [0, 0.1) is 0 Å². The Morgan fingerprint density at radius 3 is 0.330 bits per heavy atom. The van der Waals surface area contributed by atoms with E-state index < -0.39 is 0 Å². The molecule has 0 fully saturated rings. The summed E-state index contributed by atoms with van der Waals surface area (Å²) in [6, 6.07) is 65.6. The Kier molecular flexibility index (Phi) is 19.4. The fourth-order valence-electron chi connectivity index (χ4n) is 11.8. The number of hydrogen-bond donors (Lipinski definition) is 8. The quantitative estimate of drug-likeness (QED) is 0.0727. The third kappa shape index (κ3) is 16.1. The van der Waals surface area contributed by atoms with Gasteiger partial charge in [-0.05, 0) is 291 Å². The number of nitrogens with one attached hydrogen (secondary N) is 8. The molecular weight excluding hydrogens is 1340 g/mol. The molecule has 32 bridgehead atoms. The second-order valence-electron chi connectivity index (χ2n) is 23.6. The van der Waals surface area contributed by atoms with Gasteiger partial charge in [-0.1, -0.05) is 0 Å². The Bertz CT molecular complexity index is 5050. The van der Waals surface area contributed by atoms with Gasteiger partial charge >= 0.3 is 17.4 Å². The Labute approximate surface area is 600 Å². The van der Waals surface area contributed by atoms with Crippen LogP contribution in [0.4, 0.5) is 0 Å². The van der Waals surface area contributed by atoms with Crippen LogP contribution in [0.25, 0.3) is 185 Å². The summed E-state index contributed by atoms with van der Waals surface area (Å²) in [6.45, 7) is 0. The normalized spacial score (nSPS) is 12.2. The van der Waals surface area contributed by atoms with E-state index in [2.05, 4.69) is 201 Å². The van der Waals surface area contributed by atoms with Crippen LogP contribution >= 0.6 is 0 Å². The molecule has 0 spiro atoms. The molecule has 8 aliphatic rings. The Balaban J connectivity index is 0.000000118. The minimum atomic E-state index is 0. The third-order valence-corrected chi connectivity index (χ3v) is 16.2. The van der Waals surface area contributed by atoms with Gasteiger partial charge in [-0.25, -0.2) is 39.9 Å². The van der Waals surface area contributed by atoms with E-state index in [0.29, 0.717) is 0 Å². The van der Waals surface area contributed by atoms with Gasteiger partial charge in [0.05, 0.1) is 91.1 Å². The van der Waals surface area contributed by atoms with Crippen LogP contribution in [0.2, 0.25) is 0 Å². The first-order valence-corrected chi connectivity index (χ1v) is 31.4. The summed E-state index contributed by atoms with van der Waals surface area (Å²) in [5, 5.41) is 0. The smallest absolute Gasteiger partial charge is 1.00 e. The maximum Gasteiger partial charge on any atom is 3.00 e. The average molecular weight is 1400 g/mol. The summed E-state index contributed by atoms with van der Waals surface area (Å²) in [5.74, 6) is 0. The van der Waals surface area contributed by atoms with Crippen LogP contribution in [0.1, 0.15) is 91.1 Å². The maximum absolute atomic E-state index is 4.62. The monoisotopic (exact) mass is 1400 g/mol. The van der Waals surface area contributed by atoms with Gasteiger partial charge in [0.15, 0.2) is 0 Å². The molecule has 12 aromatic rings. The summed E-state index contributed by atoms with van der Waals surface area (Å²) in [6.07, 6.45) is 32.2. The number of hydrogen-bond acceptors (Lipinski definition) is 8. The van der Waals surface area contributed by atoms with E-state index in [1.54, 1.807) is 0 Å².